The molecule has 3 heteroatoms. The van der Waals surface area contributed by atoms with Gasteiger partial charge in [0.1, 0.15) is 18.1 Å². The number of aryl methyl sites for hydroxylation is 3. The molecule has 1 heterocycles. The fourth-order valence-corrected chi connectivity index (χ4v) is 1.95. The number of nitrogens with one attached hydrogen (secondary N) is 1. The lowest BCUT2D eigenvalue weighted by Crippen LogP contribution is -2.20. The number of furan rings is 1. The van der Waals surface area contributed by atoms with Gasteiger partial charge in [-0.05, 0) is 55.7 Å². The van der Waals surface area contributed by atoms with Gasteiger partial charge >= 0.3 is 0 Å². The molecule has 0 bridgehead atoms. The van der Waals surface area contributed by atoms with Crippen LogP contribution in [0.4, 0.5) is 0 Å². The lowest BCUT2D eigenvalue weighted by atomic mass is 10.1. The molecule has 0 aliphatic carbocycles. The molecule has 0 atom stereocenters. The Labute approximate surface area is 114 Å². The summed E-state index contributed by atoms with van der Waals surface area (Å²) in [6, 6.07) is 8.13. The second-order valence-corrected chi connectivity index (χ2v) is 4.81. The van der Waals surface area contributed by atoms with Crippen LogP contribution in [0.5, 0.6) is 5.75 Å². The molecule has 2 aromatic rings. The van der Waals surface area contributed by atoms with Gasteiger partial charge in [-0.1, -0.05) is 6.07 Å². The van der Waals surface area contributed by atoms with Crippen molar-refractivity contribution in [3.05, 3.63) is 53.0 Å². The fraction of sp³-hybridized carbons (Fsp3) is 0.375. The summed E-state index contributed by atoms with van der Waals surface area (Å²) in [7, 11) is 0. The summed E-state index contributed by atoms with van der Waals surface area (Å²) in [5.41, 5.74) is 3.76. The van der Waals surface area contributed by atoms with Crippen LogP contribution in [0.2, 0.25) is 0 Å². The van der Waals surface area contributed by atoms with Crippen LogP contribution in [0.3, 0.4) is 0 Å². The van der Waals surface area contributed by atoms with Gasteiger partial charge in [-0.25, -0.2) is 0 Å². The van der Waals surface area contributed by atoms with Gasteiger partial charge in [0.25, 0.3) is 0 Å². The summed E-state index contributed by atoms with van der Waals surface area (Å²) in [5, 5.41) is 3.28. The first-order valence-corrected chi connectivity index (χ1v) is 6.60. The number of rotatable bonds is 6. The molecule has 1 aromatic carbocycles. The van der Waals surface area contributed by atoms with Crippen LogP contribution in [0, 0.1) is 20.8 Å². The molecule has 0 aliphatic rings. The maximum absolute atomic E-state index is 5.80. The van der Waals surface area contributed by atoms with Crippen molar-refractivity contribution < 1.29 is 9.15 Å². The number of hydrogen-bond acceptors (Lipinski definition) is 3. The van der Waals surface area contributed by atoms with E-state index in [0.29, 0.717) is 6.61 Å². The molecule has 0 radical (unpaired) electrons. The highest BCUT2D eigenvalue weighted by Crippen LogP contribution is 2.22. The molecule has 0 amide bonds. The van der Waals surface area contributed by atoms with Gasteiger partial charge in [0.2, 0.25) is 0 Å². The zero-order valence-corrected chi connectivity index (χ0v) is 11.8. The zero-order valence-electron chi connectivity index (χ0n) is 11.8. The van der Waals surface area contributed by atoms with Crippen LogP contribution >= 0.6 is 0 Å². The van der Waals surface area contributed by atoms with E-state index in [-0.39, 0.29) is 0 Å². The summed E-state index contributed by atoms with van der Waals surface area (Å²) in [5.74, 6) is 1.92. The van der Waals surface area contributed by atoms with Crippen LogP contribution in [0.15, 0.2) is 34.9 Å². The summed E-state index contributed by atoms with van der Waals surface area (Å²) in [6.07, 6.45) is 1.69. The Balaban J connectivity index is 1.75. The van der Waals surface area contributed by atoms with Crippen molar-refractivity contribution >= 4 is 0 Å². The molecule has 0 saturated carbocycles. The third-order valence-corrected chi connectivity index (χ3v) is 3.21. The summed E-state index contributed by atoms with van der Waals surface area (Å²) >= 11 is 0. The molecule has 0 fully saturated rings. The summed E-state index contributed by atoms with van der Waals surface area (Å²) < 4.78 is 11.0. The molecule has 0 unspecified atom stereocenters. The SMILES string of the molecule is Cc1cc(C)c(OCCNCc2ccco2)cc1C. The smallest absolute Gasteiger partial charge is 0.122 e. The van der Waals surface area contributed by atoms with Crippen molar-refractivity contribution in [2.45, 2.75) is 27.3 Å². The van der Waals surface area contributed by atoms with E-state index in [0.717, 1.165) is 24.6 Å². The first kappa shape index (κ1) is 13.7. The predicted molar refractivity (Wildman–Crippen MR) is 76.6 cm³/mol. The largest absolute Gasteiger partial charge is 0.492 e. The molecule has 1 N–H and O–H groups in total. The van der Waals surface area contributed by atoms with Gasteiger partial charge in [-0.2, -0.15) is 0 Å². The molecule has 19 heavy (non-hydrogen) atoms. The first-order valence-electron chi connectivity index (χ1n) is 6.60. The summed E-state index contributed by atoms with van der Waals surface area (Å²) in [4.78, 5) is 0. The van der Waals surface area contributed by atoms with Gasteiger partial charge in [0, 0.05) is 6.54 Å². The predicted octanol–water partition coefficient (Wildman–Crippen LogP) is 3.37. The molecule has 0 saturated heterocycles. The zero-order chi connectivity index (χ0) is 13.7. The van der Waals surface area contributed by atoms with E-state index in [2.05, 4.69) is 38.2 Å². The minimum Gasteiger partial charge on any atom is -0.492 e. The lowest BCUT2D eigenvalue weighted by Gasteiger charge is -2.12. The maximum atomic E-state index is 5.80. The van der Waals surface area contributed by atoms with E-state index >= 15 is 0 Å². The summed E-state index contributed by atoms with van der Waals surface area (Å²) in [6.45, 7) is 8.51. The second kappa shape index (κ2) is 6.43. The molecule has 0 spiro atoms. The fourth-order valence-electron chi connectivity index (χ4n) is 1.95. The number of ether oxygens (including phenoxy) is 1. The van der Waals surface area contributed by atoms with Crippen molar-refractivity contribution in [3.63, 3.8) is 0 Å². The Morgan fingerprint density at radius 2 is 1.89 bits per heavy atom. The standard InChI is InChI=1S/C16H21NO2/c1-12-9-14(3)16(10-13(12)2)19-8-6-17-11-15-5-4-7-18-15/h4-5,7,9-10,17H,6,8,11H2,1-3H3. The van der Waals surface area contributed by atoms with Crippen LogP contribution < -0.4 is 10.1 Å². The normalized spacial score (nSPS) is 10.7. The van der Waals surface area contributed by atoms with Crippen molar-refractivity contribution in [1.82, 2.24) is 5.32 Å². The Morgan fingerprint density at radius 3 is 2.63 bits per heavy atom. The number of benzene rings is 1. The van der Waals surface area contributed by atoms with Crippen molar-refractivity contribution in [2.75, 3.05) is 13.2 Å². The minimum atomic E-state index is 0.657. The molecule has 102 valence electrons. The van der Waals surface area contributed by atoms with E-state index in [1.54, 1.807) is 6.26 Å². The van der Waals surface area contributed by atoms with Crippen molar-refractivity contribution in [2.24, 2.45) is 0 Å². The van der Waals surface area contributed by atoms with Crippen LogP contribution in [-0.2, 0) is 6.54 Å². The molecule has 0 aliphatic heterocycles. The molecular formula is C16H21NO2. The van der Waals surface area contributed by atoms with Crippen LogP contribution in [0.1, 0.15) is 22.5 Å². The Hall–Kier alpha value is -1.74. The van der Waals surface area contributed by atoms with Gasteiger partial charge in [0.15, 0.2) is 0 Å². The van der Waals surface area contributed by atoms with Crippen LogP contribution in [0.25, 0.3) is 0 Å². The van der Waals surface area contributed by atoms with Gasteiger partial charge in [0.05, 0.1) is 12.8 Å². The van der Waals surface area contributed by atoms with E-state index in [9.17, 15) is 0 Å². The Kier molecular flexibility index (Phi) is 4.63. The highest BCUT2D eigenvalue weighted by atomic mass is 16.5. The third-order valence-electron chi connectivity index (χ3n) is 3.21. The van der Waals surface area contributed by atoms with E-state index in [4.69, 9.17) is 9.15 Å². The lowest BCUT2D eigenvalue weighted by molar-refractivity contribution is 0.309. The molecule has 2 rings (SSSR count). The Morgan fingerprint density at radius 1 is 1.11 bits per heavy atom. The van der Waals surface area contributed by atoms with E-state index in [1.165, 1.54) is 16.7 Å². The van der Waals surface area contributed by atoms with Crippen molar-refractivity contribution in [3.8, 4) is 5.75 Å². The molecule has 1 aromatic heterocycles. The van der Waals surface area contributed by atoms with Crippen molar-refractivity contribution in [1.29, 1.82) is 0 Å². The highest BCUT2D eigenvalue weighted by Gasteiger charge is 2.02. The Bertz CT molecular complexity index is 518. The van der Waals surface area contributed by atoms with Crippen LogP contribution in [-0.4, -0.2) is 13.2 Å². The van der Waals surface area contributed by atoms with E-state index in [1.807, 2.05) is 12.1 Å². The average Bonchev–Trinajstić information content (AvgIpc) is 2.88. The molecule has 3 nitrogen and oxygen atoms in total. The average molecular weight is 259 g/mol. The van der Waals surface area contributed by atoms with E-state index < -0.39 is 0 Å². The van der Waals surface area contributed by atoms with Gasteiger partial charge in [-0.15, -0.1) is 0 Å². The minimum absolute atomic E-state index is 0.657. The topological polar surface area (TPSA) is 34.4 Å². The second-order valence-electron chi connectivity index (χ2n) is 4.81. The van der Waals surface area contributed by atoms with Gasteiger partial charge in [-0.3, -0.25) is 0 Å². The number of hydrogen-bond donors (Lipinski definition) is 1. The first-order chi connectivity index (χ1) is 9.16. The quantitative estimate of drug-likeness (QED) is 0.808. The van der Waals surface area contributed by atoms with Gasteiger partial charge < -0.3 is 14.5 Å². The molecular weight excluding hydrogens is 238 g/mol. The highest BCUT2D eigenvalue weighted by molar-refractivity contribution is 5.40. The maximum Gasteiger partial charge on any atom is 0.122 e. The third kappa shape index (κ3) is 3.86. The monoisotopic (exact) mass is 259 g/mol.